The number of carboxylic acid groups (broad SMARTS) is 1. The van der Waals surface area contributed by atoms with Crippen molar-refractivity contribution in [3.05, 3.63) is 65.9 Å². The van der Waals surface area contributed by atoms with Gasteiger partial charge in [0.1, 0.15) is 5.75 Å². The number of ether oxygens (including phenoxy) is 1. The highest BCUT2D eigenvalue weighted by atomic mass is 16.5. The van der Waals surface area contributed by atoms with Crippen molar-refractivity contribution in [1.29, 1.82) is 0 Å². The van der Waals surface area contributed by atoms with E-state index in [2.05, 4.69) is 4.98 Å². The Kier molecular flexibility index (Phi) is 5.52. The average molecular weight is 406 g/mol. The van der Waals surface area contributed by atoms with E-state index in [4.69, 9.17) is 9.84 Å². The normalized spacial score (nSPS) is 14.6. The zero-order valence-electron chi connectivity index (χ0n) is 16.3. The van der Waals surface area contributed by atoms with Gasteiger partial charge in [0.2, 0.25) is 0 Å². The van der Waals surface area contributed by atoms with Crippen molar-refractivity contribution in [3.63, 3.8) is 0 Å². The predicted molar refractivity (Wildman–Crippen MR) is 110 cm³/mol. The number of nitrogens with zero attached hydrogens (tertiary/aromatic N) is 1. The van der Waals surface area contributed by atoms with Crippen LogP contribution < -0.4 is 4.74 Å². The first kappa shape index (κ1) is 19.7. The Morgan fingerprint density at radius 3 is 2.60 bits per heavy atom. The third-order valence-electron chi connectivity index (χ3n) is 5.45. The van der Waals surface area contributed by atoms with Gasteiger partial charge in [-0.25, -0.2) is 0 Å². The van der Waals surface area contributed by atoms with E-state index >= 15 is 0 Å². The van der Waals surface area contributed by atoms with Gasteiger partial charge in [0.05, 0.1) is 12.3 Å². The standard InChI is InChI=1S/C23H22N2O5/c26-21(13-17-14-24-20-7-2-1-6-19(17)20)30-18-5-3-4-16(12-18)22(27)25-10-8-15(9-11-25)23(28)29/h1-7,12,14-15,24H,8-11,13H2,(H,28,29). The van der Waals surface area contributed by atoms with Crippen molar-refractivity contribution in [1.82, 2.24) is 9.88 Å². The molecule has 3 aromatic rings. The molecule has 0 aliphatic carbocycles. The van der Waals surface area contributed by atoms with Crippen LogP contribution in [0.3, 0.4) is 0 Å². The topological polar surface area (TPSA) is 99.7 Å². The highest BCUT2D eigenvalue weighted by Crippen LogP contribution is 2.22. The molecule has 0 radical (unpaired) electrons. The Morgan fingerprint density at radius 1 is 1.07 bits per heavy atom. The third-order valence-corrected chi connectivity index (χ3v) is 5.45. The number of aromatic nitrogens is 1. The number of hydrogen-bond donors (Lipinski definition) is 2. The number of carbonyl (C=O) groups is 3. The number of benzene rings is 2. The van der Waals surface area contributed by atoms with E-state index in [1.807, 2.05) is 24.3 Å². The minimum Gasteiger partial charge on any atom is -0.481 e. The Hall–Kier alpha value is -3.61. The first-order valence-electron chi connectivity index (χ1n) is 9.89. The number of fused-ring (bicyclic) bond motifs is 1. The van der Waals surface area contributed by atoms with Crippen LogP contribution in [0.2, 0.25) is 0 Å². The molecule has 1 amide bonds. The molecular weight excluding hydrogens is 384 g/mol. The number of aliphatic carboxylic acids is 1. The highest BCUT2D eigenvalue weighted by Gasteiger charge is 2.27. The molecule has 0 unspecified atom stereocenters. The van der Waals surface area contributed by atoms with E-state index in [0.29, 0.717) is 37.2 Å². The molecule has 30 heavy (non-hydrogen) atoms. The summed E-state index contributed by atoms with van der Waals surface area (Å²) < 4.78 is 5.46. The minimum atomic E-state index is -0.814. The molecule has 2 heterocycles. The number of para-hydroxylation sites is 1. The Bertz CT molecular complexity index is 1100. The van der Waals surface area contributed by atoms with Gasteiger partial charge in [-0.05, 0) is 42.7 Å². The maximum atomic E-state index is 12.8. The lowest BCUT2D eigenvalue weighted by atomic mass is 9.96. The van der Waals surface area contributed by atoms with E-state index in [0.717, 1.165) is 16.5 Å². The molecule has 0 spiro atoms. The van der Waals surface area contributed by atoms with E-state index in [9.17, 15) is 14.4 Å². The fourth-order valence-electron chi connectivity index (χ4n) is 3.81. The lowest BCUT2D eigenvalue weighted by Gasteiger charge is -2.30. The number of rotatable bonds is 5. The second-order valence-electron chi connectivity index (χ2n) is 7.44. The van der Waals surface area contributed by atoms with E-state index in [1.54, 1.807) is 35.4 Å². The van der Waals surface area contributed by atoms with Crippen LogP contribution in [0.4, 0.5) is 0 Å². The second kappa shape index (κ2) is 8.41. The van der Waals surface area contributed by atoms with E-state index in [1.165, 1.54) is 0 Å². The van der Waals surface area contributed by atoms with Gasteiger partial charge in [-0.2, -0.15) is 0 Å². The average Bonchev–Trinajstić information content (AvgIpc) is 3.16. The van der Waals surface area contributed by atoms with Gasteiger partial charge >= 0.3 is 11.9 Å². The smallest absolute Gasteiger partial charge is 0.315 e. The Morgan fingerprint density at radius 2 is 1.83 bits per heavy atom. The van der Waals surface area contributed by atoms with Crippen molar-refractivity contribution in [3.8, 4) is 5.75 Å². The molecule has 154 valence electrons. The number of carbonyl (C=O) groups excluding carboxylic acids is 2. The molecule has 0 saturated carbocycles. The summed E-state index contributed by atoms with van der Waals surface area (Å²) in [5.41, 5.74) is 2.23. The Balaban J connectivity index is 1.40. The first-order valence-corrected chi connectivity index (χ1v) is 9.89. The van der Waals surface area contributed by atoms with Crippen molar-refractivity contribution >= 4 is 28.7 Å². The summed E-state index contributed by atoms with van der Waals surface area (Å²) in [4.78, 5) is 41.0. The summed E-state index contributed by atoms with van der Waals surface area (Å²) in [6.07, 6.45) is 2.80. The molecule has 0 atom stereocenters. The molecule has 1 aliphatic heterocycles. The number of carboxylic acids is 1. The minimum absolute atomic E-state index is 0.116. The SMILES string of the molecule is O=C(Cc1c[nH]c2ccccc12)Oc1cccc(C(=O)N2CCC(C(=O)O)CC2)c1. The molecule has 0 bridgehead atoms. The number of amides is 1. The van der Waals surface area contributed by atoms with Gasteiger partial charge in [0.15, 0.2) is 0 Å². The third kappa shape index (κ3) is 4.20. The molecule has 1 saturated heterocycles. The summed E-state index contributed by atoms with van der Waals surface area (Å²) in [6.45, 7) is 0.806. The highest BCUT2D eigenvalue weighted by molar-refractivity contribution is 5.95. The van der Waals surface area contributed by atoms with Crippen LogP contribution in [-0.2, 0) is 16.0 Å². The van der Waals surface area contributed by atoms with Gasteiger partial charge < -0.3 is 19.7 Å². The maximum absolute atomic E-state index is 12.8. The monoisotopic (exact) mass is 406 g/mol. The number of hydrogen-bond acceptors (Lipinski definition) is 4. The van der Waals surface area contributed by atoms with Crippen molar-refractivity contribution < 1.29 is 24.2 Å². The molecule has 1 aliphatic rings. The van der Waals surface area contributed by atoms with E-state index in [-0.39, 0.29) is 12.3 Å². The molecule has 2 aromatic carbocycles. The molecule has 4 rings (SSSR count). The summed E-state index contributed by atoms with van der Waals surface area (Å²) in [5.74, 6) is -1.50. The quantitative estimate of drug-likeness (QED) is 0.500. The molecule has 1 fully saturated rings. The zero-order valence-corrected chi connectivity index (χ0v) is 16.3. The maximum Gasteiger partial charge on any atom is 0.315 e. The lowest BCUT2D eigenvalue weighted by Crippen LogP contribution is -2.40. The number of nitrogens with one attached hydrogen (secondary N) is 1. The zero-order chi connectivity index (χ0) is 21.1. The molecule has 7 heteroatoms. The summed E-state index contributed by atoms with van der Waals surface area (Å²) in [7, 11) is 0. The van der Waals surface area contributed by atoms with Gasteiger partial charge in [-0.3, -0.25) is 14.4 Å². The van der Waals surface area contributed by atoms with Crippen LogP contribution in [0.5, 0.6) is 5.75 Å². The molecule has 2 N–H and O–H groups in total. The number of esters is 1. The van der Waals surface area contributed by atoms with Crippen molar-refractivity contribution in [2.75, 3.05) is 13.1 Å². The summed E-state index contributed by atoms with van der Waals surface area (Å²) >= 11 is 0. The number of piperidine rings is 1. The van der Waals surface area contributed by atoms with Crippen LogP contribution in [-0.4, -0.2) is 45.9 Å². The van der Waals surface area contributed by atoms with Crippen LogP contribution in [0.15, 0.2) is 54.7 Å². The fraction of sp³-hybridized carbons (Fsp3) is 0.261. The molecular formula is C23H22N2O5. The largest absolute Gasteiger partial charge is 0.481 e. The summed E-state index contributed by atoms with van der Waals surface area (Å²) in [6, 6.07) is 14.3. The number of H-pyrrole nitrogens is 1. The van der Waals surface area contributed by atoms with Gasteiger partial charge in [0, 0.05) is 35.8 Å². The van der Waals surface area contributed by atoms with Gasteiger partial charge in [-0.1, -0.05) is 24.3 Å². The van der Waals surface area contributed by atoms with Crippen LogP contribution in [0, 0.1) is 5.92 Å². The fourth-order valence-corrected chi connectivity index (χ4v) is 3.81. The molecule has 1 aromatic heterocycles. The Labute approximate surface area is 173 Å². The van der Waals surface area contributed by atoms with Gasteiger partial charge in [-0.15, -0.1) is 0 Å². The first-order chi connectivity index (χ1) is 14.5. The van der Waals surface area contributed by atoms with Crippen LogP contribution in [0.1, 0.15) is 28.8 Å². The van der Waals surface area contributed by atoms with Crippen LogP contribution in [0.25, 0.3) is 10.9 Å². The van der Waals surface area contributed by atoms with Crippen LogP contribution >= 0.6 is 0 Å². The second-order valence-corrected chi connectivity index (χ2v) is 7.44. The van der Waals surface area contributed by atoms with Crippen molar-refractivity contribution in [2.24, 2.45) is 5.92 Å². The number of likely N-dealkylation sites (tertiary alicyclic amines) is 1. The van der Waals surface area contributed by atoms with Crippen molar-refractivity contribution in [2.45, 2.75) is 19.3 Å². The van der Waals surface area contributed by atoms with Gasteiger partial charge in [0.25, 0.3) is 5.91 Å². The lowest BCUT2D eigenvalue weighted by molar-refractivity contribution is -0.143. The number of aromatic amines is 1. The predicted octanol–water partition coefficient (Wildman–Crippen LogP) is 3.25. The van der Waals surface area contributed by atoms with E-state index < -0.39 is 17.9 Å². The summed E-state index contributed by atoms with van der Waals surface area (Å²) in [5, 5.41) is 10.1. The molecule has 7 nitrogen and oxygen atoms in total.